The minimum Gasteiger partial charge on any atom is -0.379 e. The maximum atomic E-state index is 6.30. The van der Waals surface area contributed by atoms with Gasteiger partial charge in [0.15, 0.2) is 0 Å². The molecule has 6 rings (SSSR count). The maximum Gasteiger partial charge on any atom is 0.0934 e. The smallest absolute Gasteiger partial charge is 0.0934 e. The van der Waals surface area contributed by atoms with Gasteiger partial charge in [-0.1, -0.05) is 97.3 Å². The number of unbranched alkanes of at least 4 members (excludes halogenated alkanes) is 9. The molecule has 6 saturated carbocycles. The molecule has 284 valence electrons. The standard InChI is InChI=1S/C46H83NO2/c1-5-34-22-38(34)26-42-30-44(42)28-40-24-36(40)18-14-10-7-8-13-17-21-49-46(32-47(3)4)33-48-20-16-12-9-11-15-19-37-25-41(37)29-45-31-43(45)27-39-23-35(39)6-2/h34-46H,5-33H2,1-4H3. The fourth-order valence-corrected chi connectivity index (χ4v) is 10.8. The Balaban J connectivity index is 0.665. The molecule has 0 radical (unpaired) electrons. The summed E-state index contributed by atoms with van der Waals surface area (Å²) in [5.41, 5.74) is 0. The first kappa shape index (κ1) is 38.6. The topological polar surface area (TPSA) is 21.7 Å². The highest BCUT2D eigenvalue weighted by Crippen LogP contribution is 2.59. The summed E-state index contributed by atoms with van der Waals surface area (Å²) in [5.74, 6) is 13.5. The van der Waals surface area contributed by atoms with Gasteiger partial charge in [0.2, 0.25) is 0 Å². The van der Waals surface area contributed by atoms with Crippen molar-refractivity contribution in [1.82, 2.24) is 4.90 Å². The van der Waals surface area contributed by atoms with Crippen LogP contribution in [0.25, 0.3) is 0 Å². The molecule has 0 bridgehead atoms. The highest BCUT2D eigenvalue weighted by Gasteiger charge is 2.49. The van der Waals surface area contributed by atoms with E-state index in [1.54, 1.807) is 64.2 Å². The Morgan fingerprint density at radius 2 is 0.816 bits per heavy atom. The van der Waals surface area contributed by atoms with Crippen LogP contribution in [0.4, 0.5) is 0 Å². The number of ether oxygens (including phenoxy) is 2. The molecule has 0 spiro atoms. The molecule has 0 aliphatic heterocycles. The largest absolute Gasteiger partial charge is 0.379 e. The van der Waals surface area contributed by atoms with E-state index in [0.29, 0.717) is 0 Å². The van der Waals surface area contributed by atoms with Crippen molar-refractivity contribution in [2.45, 2.75) is 180 Å². The van der Waals surface area contributed by atoms with Crippen molar-refractivity contribution in [2.75, 3.05) is 40.5 Å². The average molecular weight is 682 g/mol. The van der Waals surface area contributed by atoms with E-state index in [9.17, 15) is 0 Å². The quantitative estimate of drug-likeness (QED) is 0.0660. The zero-order valence-electron chi connectivity index (χ0n) is 33.3. The van der Waals surface area contributed by atoms with Crippen molar-refractivity contribution < 1.29 is 9.47 Å². The van der Waals surface area contributed by atoms with Crippen molar-refractivity contribution in [3.05, 3.63) is 0 Å². The third kappa shape index (κ3) is 14.3. The van der Waals surface area contributed by atoms with Gasteiger partial charge in [0.1, 0.15) is 0 Å². The predicted octanol–water partition coefficient (Wildman–Crippen LogP) is 12.2. The first-order chi connectivity index (χ1) is 24.0. The molecule has 6 fully saturated rings. The van der Waals surface area contributed by atoms with Gasteiger partial charge in [0.25, 0.3) is 0 Å². The molecule has 49 heavy (non-hydrogen) atoms. The van der Waals surface area contributed by atoms with Crippen LogP contribution < -0.4 is 0 Å². The zero-order valence-corrected chi connectivity index (χ0v) is 33.3. The zero-order chi connectivity index (χ0) is 34.0. The molecule has 6 aliphatic rings. The molecule has 13 unspecified atom stereocenters. The SMILES string of the molecule is CCC1CC1CC1CC1CC1CC1CCCCCCCCOC(COCCCCCCCC1CC1CC1CC1CC1CC1CC)CN(C)C. The molecular weight excluding hydrogens is 599 g/mol. The first-order valence-electron chi connectivity index (χ1n) is 22.8. The third-order valence-electron chi connectivity index (χ3n) is 14.9. The van der Waals surface area contributed by atoms with Crippen molar-refractivity contribution >= 4 is 0 Å². The first-order valence-corrected chi connectivity index (χ1v) is 22.8. The molecule has 0 N–H and O–H groups in total. The molecule has 0 saturated heterocycles. The van der Waals surface area contributed by atoms with E-state index in [-0.39, 0.29) is 6.10 Å². The summed E-state index contributed by atoms with van der Waals surface area (Å²) < 4.78 is 12.4. The summed E-state index contributed by atoms with van der Waals surface area (Å²) in [6.45, 7) is 8.31. The van der Waals surface area contributed by atoms with E-state index in [1.807, 2.05) is 0 Å². The number of rotatable bonds is 32. The molecule has 0 amide bonds. The Labute approximate surface area is 305 Å². The lowest BCUT2D eigenvalue weighted by Gasteiger charge is -2.21. The molecule has 3 heteroatoms. The van der Waals surface area contributed by atoms with E-state index in [4.69, 9.17) is 9.47 Å². The van der Waals surface area contributed by atoms with E-state index < -0.39 is 0 Å². The Kier molecular flexibility index (Phi) is 15.6. The van der Waals surface area contributed by atoms with E-state index >= 15 is 0 Å². The molecule has 13 atom stereocenters. The van der Waals surface area contributed by atoms with Crippen LogP contribution >= 0.6 is 0 Å². The molecule has 0 aromatic rings. The molecule has 0 aromatic carbocycles. The van der Waals surface area contributed by atoms with Crippen molar-refractivity contribution in [1.29, 1.82) is 0 Å². The lowest BCUT2D eigenvalue weighted by molar-refractivity contribution is -0.0287. The van der Waals surface area contributed by atoms with Crippen LogP contribution in [0, 0.1) is 71.0 Å². The van der Waals surface area contributed by atoms with E-state index in [2.05, 4.69) is 32.8 Å². The minimum absolute atomic E-state index is 0.216. The van der Waals surface area contributed by atoms with Gasteiger partial charge in [-0.05, 0) is 162 Å². The minimum atomic E-state index is 0.216. The summed E-state index contributed by atoms with van der Waals surface area (Å²) in [4.78, 5) is 2.25. The summed E-state index contributed by atoms with van der Waals surface area (Å²) in [5, 5.41) is 0. The molecule has 3 nitrogen and oxygen atoms in total. The number of hydrogen-bond acceptors (Lipinski definition) is 3. The lowest BCUT2D eigenvalue weighted by Crippen LogP contribution is -2.32. The molecule has 0 aromatic heterocycles. The van der Waals surface area contributed by atoms with Gasteiger partial charge in [0.05, 0.1) is 12.7 Å². The van der Waals surface area contributed by atoms with Crippen LogP contribution in [0.2, 0.25) is 0 Å². The van der Waals surface area contributed by atoms with Crippen LogP contribution in [-0.2, 0) is 9.47 Å². The van der Waals surface area contributed by atoms with Gasteiger partial charge in [-0.25, -0.2) is 0 Å². The van der Waals surface area contributed by atoms with Gasteiger partial charge in [-0.2, -0.15) is 0 Å². The third-order valence-corrected chi connectivity index (χ3v) is 14.9. The van der Waals surface area contributed by atoms with Crippen LogP contribution in [0.15, 0.2) is 0 Å². The fourth-order valence-electron chi connectivity index (χ4n) is 10.8. The number of nitrogens with zero attached hydrogens (tertiary/aromatic N) is 1. The average Bonchev–Trinajstić information content (AvgIpc) is 3.85. The van der Waals surface area contributed by atoms with Crippen LogP contribution in [0.5, 0.6) is 0 Å². The summed E-state index contributed by atoms with van der Waals surface area (Å²) in [6, 6.07) is 0. The number of hydrogen-bond donors (Lipinski definition) is 0. The van der Waals surface area contributed by atoms with Crippen molar-refractivity contribution in [3.8, 4) is 0 Å². The Morgan fingerprint density at radius 1 is 0.449 bits per heavy atom. The predicted molar refractivity (Wildman–Crippen MR) is 208 cm³/mol. The summed E-state index contributed by atoms with van der Waals surface area (Å²) in [7, 11) is 4.31. The van der Waals surface area contributed by atoms with Gasteiger partial charge >= 0.3 is 0 Å². The molecule has 6 aliphatic carbocycles. The van der Waals surface area contributed by atoms with Crippen molar-refractivity contribution in [2.24, 2.45) is 71.0 Å². The summed E-state index contributed by atoms with van der Waals surface area (Å²) >= 11 is 0. The lowest BCUT2D eigenvalue weighted by atomic mass is 10.0. The second-order valence-corrected chi connectivity index (χ2v) is 19.6. The van der Waals surface area contributed by atoms with Gasteiger partial charge in [-0.3, -0.25) is 0 Å². The highest BCUT2D eigenvalue weighted by molar-refractivity contribution is 4.99. The van der Waals surface area contributed by atoms with Gasteiger partial charge < -0.3 is 14.4 Å². The van der Waals surface area contributed by atoms with Gasteiger partial charge in [-0.15, -0.1) is 0 Å². The Hall–Kier alpha value is -0.120. The molecular formula is C46H83NO2. The molecule has 0 heterocycles. The van der Waals surface area contributed by atoms with E-state index in [0.717, 1.165) is 97.4 Å². The van der Waals surface area contributed by atoms with Crippen LogP contribution in [0.3, 0.4) is 0 Å². The Morgan fingerprint density at radius 3 is 1.27 bits per heavy atom. The second kappa shape index (κ2) is 19.8. The van der Waals surface area contributed by atoms with E-state index in [1.165, 1.54) is 96.3 Å². The normalized spacial score (nSPS) is 37.4. The Bertz CT molecular complexity index is 853. The van der Waals surface area contributed by atoms with Crippen molar-refractivity contribution in [3.63, 3.8) is 0 Å². The van der Waals surface area contributed by atoms with Crippen LogP contribution in [0.1, 0.15) is 174 Å². The monoisotopic (exact) mass is 682 g/mol. The second-order valence-electron chi connectivity index (χ2n) is 19.6. The maximum absolute atomic E-state index is 6.30. The highest BCUT2D eigenvalue weighted by atomic mass is 16.5. The number of likely N-dealkylation sites (N-methyl/N-ethyl adjacent to an activating group) is 1. The summed E-state index contributed by atoms with van der Waals surface area (Å²) in [6.07, 6.45) is 37.1. The van der Waals surface area contributed by atoms with Gasteiger partial charge in [0, 0.05) is 19.8 Å². The fraction of sp³-hybridized carbons (Fsp3) is 1.00. The van der Waals surface area contributed by atoms with Crippen LogP contribution in [-0.4, -0.2) is 51.5 Å².